The second kappa shape index (κ2) is 5.69. The second-order valence-electron chi connectivity index (χ2n) is 5.81. The zero-order valence-corrected chi connectivity index (χ0v) is 12.3. The number of nitrogens with zero attached hydrogens (tertiary/aromatic N) is 3. The van der Waals surface area contributed by atoms with Gasteiger partial charge < -0.3 is 4.90 Å². The SMILES string of the molecule is CCC1CCN(C2=C(C#N)C(=O)Cc3cnccc32)CC1. The van der Waals surface area contributed by atoms with Crippen LogP contribution in [0.4, 0.5) is 0 Å². The first-order valence-corrected chi connectivity index (χ1v) is 7.60. The summed E-state index contributed by atoms with van der Waals surface area (Å²) in [5.74, 6) is 0.689. The van der Waals surface area contributed by atoms with Gasteiger partial charge in [-0.2, -0.15) is 5.26 Å². The maximum Gasteiger partial charge on any atom is 0.179 e. The Morgan fingerprint density at radius 3 is 2.86 bits per heavy atom. The molecule has 1 aromatic rings. The smallest absolute Gasteiger partial charge is 0.179 e. The molecule has 2 heterocycles. The first-order valence-electron chi connectivity index (χ1n) is 7.60. The molecule has 21 heavy (non-hydrogen) atoms. The third-order valence-corrected chi connectivity index (χ3v) is 4.65. The molecule has 0 saturated carbocycles. The number of carbonyl (C=O) groups is 1. The monoisotopic (exact) mass is 281 g/mol. The summed E-state index contributed by atoms with van der Waals surface area (Å²) in [4.78, 5) is 18.6. The molecular weight excluding hydrogens is 262 g/mol. The normalized spacial score (nSPS) is 19.4. The largest absolute Gasteiger partial charge is 0.370 e. The Morgan fingerprint density at radius 2 is 2.19 bits per heavy atom. The van der Waals surface area contributed by atoms with Crippen LogP contribution in [0.3, 0.4) is 0 Å². The van der Waals surface area contributed by atoms with Gasteiger partial charge in [-0.15, -0.1) is 0 Å². The zero-order valence-electron chi connectivity index (χ0n) is 12.3. The molecule has 0 spiro atoms. The predicted octanol–water partition coefficient (Wildman–Crippen LogP) is 2.56. The highest BCUT2D eigenvalue weighted by Gasteiger charge is 2.30. The molecule has 0 unspecified atom stereocenters. The van der Waals surface area contributed by atoms with Gasteiger partial charge in [-0.1, -0.05) is 13.3 Å². The van der Waals surface area contributed by atoms with Crippen molar-refractivity contribution in [1.82, 2.24) is 9.88 Å². The van der Waals surface area contributed by atoms with E-state index >= 15 is 0 Å². The van der Waals surface area contributed by atoms with Crippen LogP contribution in [0.1, 0.15) is 37.3 Å². The van der Waals surface area contributed by atoms with E-state index < -0.39 is 0 Å². The van der Waals surface area contributed by atoms with E-state index in [0.717, 1.165) is 48.7 Å². The number of nitriles is 1. The molecule has 0 radical (unpaired) electrons. The summed E-state index contributed by atoms with van der Waals surface area (Å²) in [7, 11) is 0. The lowest BCUT2D eigenvalue weighted by molar-refractivity contribution is -0.114. The third-order valence-electron chi connectivity index (χ3n) is 4.65. The quantitative estimate of drug-likeness (QED) is 0.836. The molecule has 4 heteroatoms. The van der Waals surface area contributed by atoms with Crippen molar-refractivity contribution in [3.63, 3.8) is 0 Å². The number of carbonyl (C=O) groups excluding carboxylic acids is 1. The van der Waals surface area contributed by atoms with Crippen LogP contribution >= 0.6 is 0 Å². The lowest BCUT2D eigenvalue weighted by Crippen LogP contribution is -2.35. The third kappa shape index (κ3) is 2.44. The number of likely N-dealkylation sites (tertiary alicyclic amines) is 1. The van der Waals surface area contributed by atoms with E-state index in [2.05, 4.69) is 22.9 Å². The molecule has 0 N–H and O–H groups in total. The Labute approximate surface area is 125 Å². The van der Waals surface area contributed by atoms with Crippen LogP contribution in [0.5, 0.6) is 0 Å². The number of fused-ring (bicyclic) bond motifs is 1. The van der Waals surface area contributed by atoms with Crippen molar-refractivity contribution < 1.29 is 4.79 Å². The summed E-state index contributed by atoms with van der Waals surface area (Å²) in [6.45, 7) is 4.08. The predicted molar refractivity (Wildman–Crippen MR) is 80.1 cm³/mol. The van der Waals surface area contributed by atoms with Crippen molar-refractivity contribution in [2.45, 2.75) is 32.6 Å². The standard InChI is InChI=1S/C17H19N3O/c1-2-12-4-7-20(8-5-12)17-14-3-6-19-11-13(14)9-16(21)15(17)10-18/h3,6,11-12H,2,4-5,7-9H2,1H3. The molecule has 3 rings (SSSR count). The van der Waals surface area contributed by atoms with Crippen molar-refractivity contribution >= 4 is 11.5 Å². The molecule has 2 aliphatic rings. The number of piperidine rings is 1. The maximum absolute atomic E-state index is 12.2. The van der Waals surface area contributed by atoms with Gasteiger partial charge in [0.2, 0.25) is 0 Å². The van der Waals surface area contributed by atoms with Crippen molar-refractivity contribution in [3.05, 3.63) is 35.2 Å². The highest BCUT2D eigenvalue weighted by molar-refractivity contribution is 6.09. The summed E-state index contributed by atoms with van der Waals surface area (Å²) < 4.78 is 0. The Balaban J connectivity index is 2.01. The molecule has 0 aromatic carbocycles. The molecule has 1 fully saturated rings. The number of Topliss-reactive ketones (excluding diaryl/α,β-unsaturated/α-hetero) is 1. The lowest BCUT2D eigenvalue weighted by atomic mass is 9.87. The van der Waals surface area contributed by atoms with Gasteiger partial charge in [-0.25, -0.2) is 0 Å². The Kier molecular flexibility index (Phi) is 3.74. The fourth-order valence-electron chi connectivity index (χ4n) is 3.34. The Morgan fingerprint density at radius 1 is 1.43 bits per heavy atom. The highest BCUT2D eigenvalue weighted by atomic mass is 16.1. The number of hydrogen-bond acceptors (Lipinski definition) is 4. The molecule has 1 aliphatic heterocycles. The topological polar surface area (TPSA) is 57.0 Å². The molecule has 108 valence electrons. The zero-order chi connectivity index (χ0) is 14.8. The minimum Gasteiger partial charge on any atom is -0.370 e. The average molecular weight is 281 g/mol. The number of allylic oxidation sites excluding steroid dienone is 1. The van der Waals surface area contributed by atoms with Crippen LogP contribution in [0.25, 0.3) is 5.70 Å². The van der Waals surface area contributed by atoms with Gasteiger partial charge in [0.15, 0.2) is 5.78 Å². The van der Waals surface area contributed by atoms with E-state index in [9.17, 15) is 10.1 Å². The van der Waals surface area contributed by atoms with Crippen LogP contribution in [0.2, 0.25) is 0 Å². The van der Waals surface area contributed by atoms with Crippen LogP contribution in [-0.2, 0) is 11.2 Å². The van der Waals surface area contributed by atoms with Gasteiger partial charge in [0.25, 0.3) is 0 Å². The molecule has 0 amide bonds. The van der Waals surface area contributed by atoms with Crippen LogP contribution in [-0.4, -0.2) is 28.8 Å². The molecule has 1 saturated heterocycles. The van der Waals surface area contributed by atoms with Gasteiger partial charge in [0, 0.05) is 37.5 Å². The van der Waals surface area contributed by atoms with Crippen LogP contribution < -0.4 is 0 Å². The van der Waals surface area contributed by atoms with Gasteiger partial charge in [0.05, 0.1) is 5.70 Å². The number of pyridine rings is 1. The first kappa shape index (κ1) is 13.8. The minimum absolute atomic E-state index is 0.0781. The van der Waals surface area contributed by atoms with E-state index in [1.54, 1.807) is 12.4 Å². The summed E-state index contributed by atoms with van der Waals surface area (Å²) in [5, 5.41) is 9.42. The number of ketones is 1. The van der Waals surface area contributed by atoms with Crippen LogP contribution in [0.15, 0.2) is 24.0 Å². The van der Waals surface area contributed by atoms with Crippen molar-refractivity contribution in [2.24, 2.45) is 5.92 Å². The fourth-order valence-corrected chi connectivity index (χ4v) is 3.34. The fraction of sp³-hybridized carbons (Fsp3) is 0.471. The number of rotatable bonds is 2. The van der Waals surface area contributed by atoms with Gasteiger partial charge >= 0.3 is 0 Å². The molecule has 4 nitrogen and oxygen atoms in total. The lowest BCUT2D eigenvalue weighted by Gasteiger charge is -2.37. The van der Waals surface area contributed by atoms with Crippen molar-refractivity contribution in [1.29, 1.82) is 5.26 Å². The Bertz CT molecular complexity index is 634. The number of hydrogen-bond donors (Lipinski definition) is 0. The summed E-state index contributed by atoms with van der Waals surface area (Å²) >= 11 is 0. The summed E-state index contributed by atoms with van der Waals surface area (Å²) in [5.41, 5.74) is 3.11. The summed E-state index contributed by atoms with van der Waals surface area (Å²) in [6, 6.07) is 4.07. The average Bonchev–Trinajstić information content (AvgIpc) is 2.53. The van der Waals surface area contributed by atoms with E-state index in [1.807, 2.05) is 6.07 Å². The van der Waals surface area contributed by atoms with E-state index in [4.69, 9.17) is 0 Å². The van der Waals surface area contributed by atoms with Crippen molar-refractivity contribution in [3.8, 4) is 6.07 Å². The van der Waals surface area contributed by atoms with Crippen LogP contribution in [0, 0.1) is 17.2 Å². The maximum atomic E-state index is 12.2. The highest BCUT2D eigenvalue weighted by Crippen LogP contribution is 2.34. The molecule has 0 bridgehead atoms. The van der Waals surface area contributed by atoms with E-state index in [1.165, 1.54) is 6.42 Å². The number of aromatic nitrogens is 1. The molecule has 0 atom stereocenters. The first-order chi connectivity index (χ1) is 10.2. The molecular formula is C17H19N3O. The van der Waals surface area contributed by atoms with E-state index in [-0.39, 0.29) is 5.78 Å². The Hall–Kier alpha value is -2.15. The van der Waals surface area contributed by atoms with Gasteiger partial charge in [-0.3, -0.25) is 9.78 Å². The minimum atomic E-state index is -0.0781. The van der Waals surface area contributed by atoms with Gasteiger partial charge in [-0.05, 0) is 30.4 Å². The molecule has 1 aromatic heterocycles. The summed E-state index contributed by atoms with van der Waals surface area (Å²) in [6.07, 6.45) is 7.25. The second-order valence-corrected chi connectivity index (χ2v) is 5.81. The van der Waals surface area contributed by atoms with E-state index in [0.29, 0.717) is 12.0 Å². The van der Waals surface area contributed by atoms with Gasteiger partial charge in [0.1, 0.15) is 11.6 Å². The molecule has 1 aliphatic carbocycles. The van der Waals surface area contributed by atoms with Crippen molar-refractivity contribution in [2.75, 3.05) is 13.1 Å².